The Morgan fingerprint density at radius 1 is 1.08 bits per heavy atom. The van der Waals surface area contributed by atoms with Gasteiger partial charge in [-0.1, -0.05) is 0 Å². The fourth-order valence-electron chi connectivity index (χ4n) is 3.93. The van der Waals surface area contributed by atoms with E-state index in [4.69, 9.17) is 28.1 Å². The number of esters is 3. The van der Waals surface area contributed by atoms with Crippen molar-refractivity contribution in [2.75, 3.05) is 13.2 Å². The number of amides is 1. The summed E-state index contributed by atoms with van der Waals surface area (Å²) in [6, 6.07) is 4.19. The summed E-state index contributed by atoms with van der Waals surface area (Å²) in [4.78, 5) is 71.3. The van der Waals surface area contributed by atoms with Gasteiger partial charge in [0.1, 0.15) is 30.1 Å². The lowest BCUT2D eigenvalue weighted by molar-refractivity contribution is -0.245. The Morgan fingerprint density at radius 3 is 2.39 bits per heavy atom. The van der Waals surface area contributed by atoms with E-state index in [1.165, 1.54) is 32.0 Å². The summed E-state index contributed by atoms with van der Waals surface area (Å²) in [5, 5.41) is 2.80. The molecule has 2 aromatic rings. The lowest BCUT2D eigenvalue weighted by atomic mass is 10.0. The lowest BCUT2D eigenvalue weighted by Gasteiger charge is -2.39. The number of benzene rings is 1. The van der Waals surface area contributed by atoms with Crippen LogP contribution in [0.5, 0.6) is 5.75 Å². The number of hydrogen-bond acceptors (Lipinski definition) is 12. The van der Waals surface area contributed by atoms with E-state index in [1.807, 2.05) is 0 Å². The molecule has 1 aromatic heterocycles. The molecule has 1 fully saturated rings. The second kappa shape index (κ2) is 12.3. The van der Waals surface area contributed by atoms with Crippen LogP contribution in [0.25, 0.3) is 11.0 Å². The summed E-state index contributed by atoms with van der Waals surface area (Å²) in [7, 11) is 0. The van der Waals surface area contributed by atoms with Crippen molar-refractivity contribution < 1.29 is 52.1 Å². The topological polar surface area (TPSA) is 174 Å². The zero-order valence-electron chi connectivity index (χ0n) is 21.1. The molecule has 1 aromatic carbocycles. The molecule has 0 bridgehead atoms. The molecule has 1 aliphatic rings. The Bertz CT molecular complexity index is 1300. The summed E-state index contributed by atoms with van der Waals surface area (Å²) in [5.41, 5.74) is -1.42. The maximum atomic E-state index is 12.4. The molecule has 1 amide bonds. The highest BCUT2D eigenvalue weighted by Gasteiger charge is 2.44. The number of nitrogens with one attached hydrogen (secondary N) is 1. The standard InChI is InChI=1S/C25H27NO12/c1-5-26-24(31)16-8-15-6-7-18(17(10-27)22(15)38-25(16)32)36-21-9-19(34-13(3)29)23(35-14(4)30)20(37-21)11-33-12(2)28/h6-8,10,19-21,23H,5,9,11H2,1-4H3,(H,26,31)/t19-,20-,21?,23-/m1/s1. The predicted octanol–water partition coefficient (Wildman–Crippen LogP) is 1.28. The largest absolute Gasteiger partial charge is 0.464 e. The number of ether oxygens (including phenoxy) is 5. The summed E-state index contributed by atoms with van der Waals surface area (Å²) >= 11 is 0. The van der Waals surface area contributed by atoms with E-state index in [-0.39, 0.29) is 35.5 Å². The van der Waals surface area contributed by atoms with Crippen molar-refractivity contribution in [1.29, 1.82) is 0 Å². The third-order valence-electron chi connectivity index (χ3n) is 5.41. The first-order valence-corrected chi connectivity index (χ1v) is 11.7. The van der Waals surface area contributed by atoms with Crippen molar-refractivity contribution in [2.24, 2.45) is 0 Å². The summed E-state index contributed by atoms with van der Waals surface area (Å²) in [6.45, 7) is 5.15. The van der Waals surface area contributed by atoms with Crippen LogP contribution in [-0.2, 0) is 33.3 Å². The number of aldehydes is 1. The second-order valence-corrected chi connectivity index (χ2v) is 8.30. The molecule has 1 unspecified atom stereocenters. The van der Waals surface area contributed by atoms with E-state index in [1.54, 1.807) is 6.92 Å². The summed E-state index contributed by atoms with van der Waals surface area (Å²) in [5.74, 6) is -2.62. The van der Waals surface area contributed by atoms with Gasteiger partial charge >= 0.3 is 23.5 Å². The van der Waals surface area contributed by atoms with Gasteiger partial charge in [-0.25, -0.2) is 4.79 Å². The number of hydrogen-bond donors (Lipinski definition) is 1. The molecule has 0 saturated carbocycles. The average Bonchev–Trinajstić information content (AvgIpc) is 2.83. The van der Waals surface area contributed by atoms with Crippen LogP contribution in [0.2, 0.25) is 0 Å². The highest BCUT2D eigenvalue weighted by atomic mass is 16.7. The van der Waals surface area contributed by atoms with Gasteiger partial charge in [0.25, 0.3) is 5.91 Å². The lowest BCUT2D eigenvalue weighted by Crippen LogP contribution is -2.54. The van der Waals surface area contributed by atoms with E-state index < -0.39 is 54.0 Å². The van der Waals surface area contributed by atoms with Gasteiger partial charge in [-0.2, -0.15) is 0 Å². The van der Waals surface area contributed by atoms with Crippen LogP contribution in [0.15, 0.2) is 27.4 Å². The first kappa shape index (κ1) is 28.3. The Morgan fingerprint density at radius 2 is 1.79 bits per heavy atom. The van der Waals surface area contributed by atoms with Gasteiger partial charge in [0.2, 0.25) is 6.29 Å². The highest BCUT2D eigenvalue weighted by Crippen LogP contribution is 2.32. The molecule has 0 radical (unpaired) electrons. The first-order valence-electron chi connectivity index (χ1n) is 11.7. The molecule has 204 valence electrons. The van der Waals surface area contributed by atoms with Gasteiger partial charge in [0, 0.05) is 32.7 Å². The zero-order chi connectivity index (χ0) is 28.0. The Balaban J connectivity index is 1.96. The van der Waals surface area contributed by atoms with Gasteiger partial charge in [-0.3, -0.25) is 24.0 Å². The van der Waals surface area contributed by atoms with Crippen LogP contribution < -0.4 is 15.7 Å². The molecule has 1 N–H and O–H groups in total. The van der Waals surface area contributed by atoms with E-state index in [2.05, 4.69) is 5.32 Å². The molecule has 1 saturated heterocycles. The third kappa shape index (κ3) is 6.73. The Labute approximate surface area is 216 Å². The van der Waals surface area contributed by atoms with Gasteiger partial charge in [-0.15, -0.1) is 0 Å². The van der Waals surface area contributed by atoms with Crippen LogP contribution in [-0.4, -0.2) is 67.9 Å². The molecule has 0 aliphatic carbocycles. The van der Waals surface area contributed by atoms with Crippen molar-refractivity contribution >= 4 is 41.1 Å². The van der Waals surface area contributed by atoms with Crippen molar-refractivity contribution in [3.63, 3.8) is 0 Å². The van der Waals surface area contributed by atoms with Gasteiger partial charge in [-0.05, 0) is 25.1 Å². The van der Waals surface area contributed by atoms with Crippen molar-refractivity contribution in [3.05, 3.63) is 39.7 Å². The quantitative estimate of drug-likeness (QED) is 0.212. The van der Waals surface area contributed by atoms with Crippen LogP contribution in [0, 0.1) is 0 Å². The minimum Gasteiger partial charge on any atom is -0.464 e. The first-order chi connectivity index (χ1) is 18.0. The highest BCUT2D eigenvalue weighted by molar-refractivity contribution is 6.01. The molecule has 13 heteroatoms. The minimum absolute atomic E-state index is 0.0369. The van der Waals surface area contributed by atoms with Crippen LogP contribution >= 0.6 is 0 Å². The van der Waals surface area contributed by atoms with Crippen molar-refractivity contribution in [1.82, 2.24) is 5.32 Å². The molecule has 38 heavy (non-hydrogen) atoms. The summed E-state index contributed by atoms with van der Waals surface area (Å²) < 4.78 is 32.6. The fraction of sp³-hybridized carbons (Fsp3) is 0.440. The Kier molecular flexibility index (Phi) is 9.18. The van der Waals surface area contributed by atoms with Gasteiger partial charge < -0.3 is 33.4 Å². The van der Waals surface area contributed by atoms with E-state index in [0.717, 1.165) is 6.92 Å². The monoisotopic (exact) mass is 533 g/mol. The second-order valence-electron chi connectivity index (χ2n) is 8.30. The maximum Gasteiger partial charge on any atom is 0.349 e. The summed E-state index contributed by atoms with van der Waals surface area (Å²) in [6.07, 6.45) is -4.09. The van der Waals surface area contributed by atoms with Crippen molar-refractivity contribution in [2.45, 2.75) is 58.7 Å². The number of carbonyl (C=O) groups is 5. The van der Waals surface area contributed by atoms with Crippen LogP contribution in [0.3, 0.4) is 0 Å². The molecule has 1 aliphatic heterocycles. The Hall–Kier alpha value is -4.26. The van der Waals surface area contributed by atoms with Crippen molar-refractivity contribution in [3.8, 4) is 5.75 Å². The molecule has 2 heterocycles. The predicted molar refractivity (Wildman–Crippen MR) is 128 cm³/mol. The fourth-order valence-corrected chi connectivity index (χ4v) is 3.93. The molecule has 3 rings (SSSR count). The molecule has 13 nitrogen and oxygen atoms in total. The van der Waals surface area contributed by atoms with E-state index in [9.17, 15) is 28.8 Å². The number of rotatable bonds is 9. The number of fused-ring (bicyclic) bond motifs is 1. The van der Waals surface area contributed by atoms with E-state index in [0.29, 0.717) is 18.2 Å². The number of carbonyl (C=O) groups excluding carboxylic acids is 5. The molecule has 0 spiro atoms. The normalized spacial score (nSPS) is 20.7. The molecular formula is C25H27NO12. The SMILES string of the molecule is CCNC(=O)c1cc2ccc(OC3C[C@@H](OC(C)=O)[C@@H](OC(C)=O)[C@@H](COC(C)=O)O3)c(C=O)c2oc1=O. The van der Waals surface area contributed by atoms with Crippen LogP contribution in [0.4, 0.5) is 0 Å². The zero-order valence-corrected chi connectivity index (χ0v) is 21.1. The third-order valence-corrected chi connectivity index (χ3v) is 5.41. The smallest absolute Gasteiger partial charge is 0.349 e. The van der Waals surface area contributed by atoms with Crippen LogP contribution in [0.1, 0.15) is 54.8 Å². The minimum atomic E-state index is -1.16. The van der Waals surface area contributed by atoms with E-state index >= 15 is 0 Å². The maximum absolute atomic E-state index is 12.4. The molecular weight excluding hydrogens is 506 g/mol. The molecule has 4 atom stereocenters. The van der Waals surface area contributed by atoms with Gasteiger partial charge in [0.15, 0.2) is 18.0 Å². The average molecular weight is 533 g/mol. The van der Waals surface area contributed by atoms with Gasteiger partial charge in [0.05, 0.1) is 12.0 Å².